The first kappa shape index (κ1) is 17.4. The maximum Gasteiger partial charge on any atom is 0.316 e. The summed E-state index contributed by atoms with van der Waals surface area (Å²) in [7, 11) is 0. The largest absolute Gasteiger partial charge is 0.426 e. The summed E-state index contributed by atoms with van der Waals surface area (Å²) >= 11 is 3.36. The number of carbonyl (C=O) groups excluding carboxylic acids is 3. The van der Waals surface area contributed by atoms with Crippen LogP contribution in [0.3, 0.4) is 0 Å². The lowest BCUT2D eigenvalue weighted by atomic mass is 10.1. The third-order valence-electron chi connectivity index (χ3n) is 4.08. The first-order valence-corrected chi connectivity index (χ1v) is 8.62. The highest BCUT2D eigenvalue weighted by molar-refractivity contribution is 9.10. The average Bonchev–Trinajstić information content (AvgIpc) is 2.98. The van der Waals surface area contributed by atoms with Crippen molar-refractivity contribution in [3.63, 3.8) is 0 Å². The third kappa shape index (κ3) is 3.96. The highest BCUT2D eigenvalue weighted by atomic mass is 79.9. The molecule has 0 unspecified atom stereocenters. The van der Waals surface area contributed by atoms with E-state index in [0.717, 1.165) is 10.2 Å². The van der Waals surface area contributed by atoms with Crippen LogP contribution in [0.15, 0.2) is 53.0 Å². The van der Waals surface area contributed by atoms with Gasteiger partial charge in [-0.3, -0.25) is 14.4 Å². The molecule has 0 N–H and O–H groups in total. The standard InChI is InChI=1S/C19H16BrNO4/c1-12(22)13-2-8-17(9-3-13)25-19(24)14-10-18(23)21(11-14)16-6-4-15(20)5-7-16/h2-9,14H,10-11H2,1H3/t14-/m0/s1. The summed E-state index contributed by atoms with van der Waals surface area (Å²) < 4.78 is 6.27. The molecule has 2 aromatic carbocycles. The predicted molar refractivity (Wildman–Crippen MR) is 96.7 cm³/mol. The minimum absolute atomic E-state index is 0.0515. The number of Topliss-reactive ketones (excluding diaryl/α,β-unsaturated/α-hetero) is 1. The molecule has 5 nitrogen and oxygen atoms in total. The molecule has 1 heterocycles. The molecule has 0 bridgehead atoms. The number of hydrogen-bond donors (Lipinski definition) is 0. The second-order valence-corrected chi connectivity index (χ2v) is 6.80. The topological polar surface area (TPSA) is 63.7 Å². The van der Waals surface area contributed by atoms with Crippen LogP contribution in [0.1, 0.15) is 23.7 Å². The summed E-state index contributed by atoms with van der Waals surface area (Å²) in [6.45, 7) is 1.77. The van der Waals surface area contributed by atoms with Gasteiger partial charge >= 0.3 is 5.97 Å². The Labute approximate surface area is 153 Å². The van der Waals surface area contributed by atoms with Gasteiger partial charge in [0.1, 0.15) is 5.75 Å². The fourth-order valence-corrected chi connectivity index (χ4v) is 2.96. The molecule has 1 amide bonds. The Balaban J connectivity index is 1.66. The lowest BCUT2D eigenvalue weighted by molar-refractivity contribution is -0.139. The molecule has 0 saturated carbocycles. The molecular formula is C19H16BrNO4. The summed E-state index contributed by atoms with van der Waals surface area (Å²) in [4.78, 5) is 37.4. The maximum atomic E-state index is 12.3. The van der Waals surface area contributed by atoms with Gasteiger partial charge in [0.05, 0.1) is 5.92 Å². The SMILES string of the molecule is CC(=O)c1ccc(OC(=O)[C@H]2CC(=O)N(c3ccc(Br)cc3)C2)cc1. The van der Waals surface area contributed by atoms with Crippen LogP contribution in [0, 0.1) is 5.92 Å². The van der Waals surface area contributed by atoms with Gasteiger partial charge in [-0.15, -0.1) is 0 Å². The molecule has 0 radical (unpaired) electrons. The van der Waals surface area contributed by atoms with Crippen LogP contribution in [-0.4, -0.2) is 24.2 Å². The number of anilines is 1. The first-order valence-electron chi connectivity index (χ1n) is 7.82. The van der Waals surface area contributed by atoms with E-state index in [2.05, 4.69) is 15.9 Å². The van der Waals surface area contributed by atoms with Gasteiger partial charge < -0.3 is 9.64 Å². The molecule has 1 atom stereocenters. The number of nitrogens with zero attached hydrogens (tertiary/aromatic N) is 1. The molecule has 0 aromatic heterocycles. The quantitative estimate of drug-likeness (QED) is 0.445. The zero-order valence-corrected chi connectivity index (χ0v) is 15.2. The van der Waals surface area contributed by atoms with Crippen molar-refractivity contribution in [2.45, 2.75) is 13.3 Å². The fraction of sp³-hybridized carbons (Fsp3) is 0.211. The van der Waals surface area contributed by atoms with Crippen LogP contribution in [-0.2, 0) is 9.59 Å². The molecular weight excluding hydrogens is 386 g/mol. The summed E-state index contributed by atoms with van der Waals surface area (Å²) in [6, 6.07) is 13.7. The lowest BCUT2D eigenvalue weighted by Crippen LogP contribution is -2.27. The Morgan fingerprint density at radius 3 is 2.32 bits per heavy atom. The zero-order chi connectivity index (χ0) is 18.0. The molecule has 0 aliphatic carbocycles. The van der Waals surface area contributed by atoms with E-state index in [1.54, 1.807) is 29.2 Å². The molecule has 0 spiro atoms. The number of carbonyl (C=O) groups is 3. The van der Waals surface area contributed by atoms with Gasteiger partial charge in [0.15, 0.2) is 5.78 Å². The molecule has 6 heteroatoms. The van der Waals surface area contributed by atoms with Gasteiger partial charge in [-0.1, -0.05) is 15.9 Å². The van der Waals surface area contributed by atoms with E-state index in [9.17, 15) is 14.4 Å². The minimum atomic E-state index is -0.511. The molecule has 128 valence electrons. The van der Waals surface area contributed by atoms with E-state index in [1.165, 1.54) is 6.92 Å². The van der Waals surface area contributed by atoms with Crippen LogP contribution >= 0.6 is 15.9 Å². The molecule has 1 saturated heterocycles. The number of hydrogen-bond acceptors (Lipinski definition) is 4. The van der Waals surface area contributed by atoms with Crippen LogP contribution in [0.4, 0.5) is 5.69 Å². The maximum absolute atomic E-state index is 12.3. The Morgan fingerprint density at radius 2 is 1.72 bits per heavy atom. The average molecular weight is 402 g/mol. The molecule has 1 fully saturated rings. The molecule has 1 aliphatic rings. The van der Waals surface area contributed by atoms with Crippen molar-refractivity contribution in [1.29, 1.82) is 0 Å². The highest BCUT2D eigenvalue weighted by Gasteiger charge is 2.36. The number of halogens is 1. The van der Waals surface area contributed by atoms with Crippen LogP contribution < -0.4 is 9.64 Å². The normalized spacial score (nSPS) is 16.8. The lowest BCUT2D eigenvalue weighted by Gasteiger charge is -2.16. The highest BCUT2D eigenvalue weighted by Crippen LogP contribution is 2.27. The smallest absolute Gasteiger partial charge is 0.316 e. The van der Waals surface area contributed by atoms with Crippen molar-refractivity contribution in [2.75, 3.05) is 11.4 Å². The second-order valence-electron chi connectivity index (χ2n) is 5.88. The van der Waals surface area contributed by atoms with Gasteiger partial charge in [-0.25, -0.2) is 0 Å². The minimum Gasteiger partial charge on any atom is -0.426 e. The summed E-state index contributed by atoms with van der Waals surface area (Å²) in [6.07, 6.45) is 0.125. The van der Waals surface area contributed by atoms with Gasteiger partial charge in [-0.05, 0) is 55.5 Å². The van der Waals surface area contributed by atoms with Crippen molar-refractivity contribution >= 4 is 39.3 Å². The van der Waals surface area contributed by atoms with E-state index < -0.39 is 11.9 Å². The fourth-order valence-electron chi connectivity index (χ4n) is 2.69. The van der Waals surface area contributed by atoms with Crippen molar-refractivity contribution < 1.29 is 19.1 Å². The first-order chi connectivity index (χ1) is 11.9. The third-order valence-corrected chi connectivity index (χ3v) is 4.60. The van der Waals surface area contributed by atoms with Crippen LogP contribution in [0.2, 0.25) is 0 Å². The number of rotatable bonds is 4. The van der Waals surface area contributed by atoms with Crippen molar-refractivity contribution in [1.82, 2.24) is 0 Å². The van der Waals surface area contributed by atoms with Crippen molar-refractivity contribution in [3.05, 3.63) is 58.6 Å². The van der Waals surface area contributed by atoms with Crippen LogP contribution in [0.25, 0.3) is 0 Å². The molecule has 25 heavy (non-hydrogen) atoms. The summed E-state index contributed by atoms with van der Waals surface area (Å²) in [5.41, 5.74) is 1.31. The number of amides is 1. The number of benzene rings is 2. The Kier molecular flexibility index (Phi) is 4.99. The summed E-state index contributed by atoms with van der Waals surface area (Å²) in [5.74, 6) is -0.739. The van der Waals surface area contributed by atoms with E-state index >= 15 is 0 Å². The monoisotopic (exact) mass is 401 g/mol. The van der Waals surface area contributed by atoms with E-state index in [1.807, 2.05) is 24.3 Å². The predicted octanol–water partition coefficient (Wildman–Crippen LogP) is 3.61. The second kappa shape index (κ2) is 7.19. The van der Waals surface area contributed by atoms with Crippen LogP contribution in [0.5, 0.6) is 5.75 Å². The van der Waals surface area contributed by atoms with Crippen molar-refractivity contribution in [2.24, 2.45) is 5.92 Å². The van der Waals surface area contributed by atoms with Gasteiger partial charge in [0, 0.05) is 28.7 Å². The molecule has 3 rings (SSSR count). The van der Waals surface area contributed by atoms with Gasteiger partial charge in [-0.2, -0.15) is 0 Å². The van der Waals surface area contributed by atoms with Gasteiger partial charge in [0.25, 0.3) is 0 Å². The molecule has 1 aliphatic heterocycles. The number of ether oxygens (including phenoxy) is 1. The Hall–Kier alpha value is -2.47. The number of esters is 1. The van der Waals surface area contributed by atoms with Gasteiger partial charge in [0.2, 0.25) is 5.91 Å². The number of ketones is 1. The molecule has 2 aromatic rings. The van der Waals surface area contributed by atoms with E-state index in [0.29, 0.717) is 17.9 Å². The Bertz CT molecular complexity index is 814. The van der Waals surface area contributed by atoms with E-state index in [-0.39, 0.29) is 18.1 Å². The van der Waals surface area contributed by atoms with Crippen molar-refractivity contribution in [3.8, 4) is 5.75 Å². The summed E-state index contributed by atoms with van der Waals surface area (Å²) in [5, 5.41) is 0. The zero-order valence-electron chi connectivity index (χ0n) is 13.6. The Morgan fingerprint density at radius 1 is 1.08 bits per heavy atom. The van der Waals surface area contributed by atoms with E-state index in [4.69, 9.17) is 4.74 Å².